The Bertz CT molecular complexity index is 871. The van der Waals surface area contributed by atoms with E-state index < -0.39 is 9.84 Å². The Kier molecular flexibility index (Phi) is 4.85. The van der Waals surface area contributed by atoms with Gasteiger partial charge in [-0.05, 0) is 37.1 Å². The number of hydrogen-bond acceptors (Lipinski definition) is 5. The number of furan rings is 1. The fourth-order valence-electron chi connectivity index (χ4n) is 2.86. The molecule has 1 aromatic heterocycles. The molecule has 0 unspecified atom stereocenters. The summed E-state index contributed by atoms with van der Waals surface area (Å²) in [6.07, 6.45) is 0.467. The normalized spacial score (nSPS) is 18.9. The van der Waals surface area contributed by atoms with Gasteiger partial charge in [0.1, 0.15) is 18.1 Å². The van der Waals surface area contributed by atoms with Crippen molar-refractivity contribution in [3.05, 3.63) is 53.5 Å². The highest BCUT2D eigenvalue weighted by Crippen LogP contribution is 2.21. The van der Waals surface area contributed by atoms with Gasteiger partial charge >= 0.3 is 0 Å². The molecule has 1 atom stereocenters. The number of ether oxygens (including phenoxy) is 1. The van der Waals surface area contributed by atoms with Crippen LogP contribution in [0.25, 0.3) is 0 Å². The molecule has 0 aliphatic carbocycles. The van der Waals surface area contributed by atoms with Gasteiger partial charge in [-0.15, -0.1) is 0 Å². The summed E-state index contributed by atoms with van der Waals surface area (Å²) < 4.78 is 34.4. The zero-order valence-electron chi connectivity index (χ0n) is 14.3. The second-order valence-electron chi connectivity index (χ2n) is 6.29. The lowest BCUT2D eigenvalue weighted by Crippen LogP contribution is -2.37. The number of sulfone groups is 1. The summed E-state index contributed by atoms with van der Waals surface area (Å²) >= 11 is 0. The summed E-state index contributed by atoms with van der Waals surface area (Å²) in [5.41, 5.74) is 1.02. The summed E-state index contributed by atoms with van der Waals surface area (Å²) in [6, 6.07) is 10.7. The van der Waals surface area contributed by atoms with Crippen LogP contribution in [0.3, 0.4) is 0 Å². The van der Waals surface area contributed by atoms with Crippen LogP contribution >= 0.6 is 0 Å². The van der Waals surface area contributed by atoms with Crippen LogP contribution in [0, 0.1) is 6.92 Å². The minimum absolute atomic E-state index is 0.0131. The zero-order valence-corrected chi connectivity index (χ0v) is 15.1. The lowest BCUT2D eigenvalue weighted by Gasteiger charge is -2.22. The highest BCUT2D eigenvalue weighted by atomic mass is 32.2. The number of para-hydroxylation sites is 1. The molecule has 0 spiro atoms. The average molecular weight is 363 g/mol. The Labute approximate surface area is 147 Å². The van der Waals surface area contributed by atoms with Crippen molar-refractivity contribution in [1.82, 2.24) is 4.90 Å². The van der Waals surface area contributed by atoms with E-state index in [1.807, 2.05) is 31.2 Å². The van der Waals surface area contributed by atoms with E-state index in [4.69, 9.17) is 9.15 Å². The summed E-state index contributed by atoms with van der Waals surface area (Å²) in [6.45, 7) is 2.18. The number of carbonyl (C=O) groups is 1. The molecule has 0 bridgehead atoms. The Morgan fingerprint density at radius 1 is 1.28 bits per heavy atom. The first-order valence-corrected chi connectivity index (χ1v) is 9.92. The average Bonchev–Trinajstić information content (AvgIpc) is 3.19. The Hall–Kier alpha value is -2.28. The van der Waals surface area contributed by atoms with Gasteiger partial charge in [-0.2, -0.15) is 0 Å². The van der Waals surface area contributed by atoms with Crippen LogP contribution in [0.4, 0.5) is 0 Å². The van der Waals surface area contributed by atoms with Crippen molar-refractivity contribution in [1.29, 1.82) is 0 Å². The molecule has 2 heterocycles. The van der Waals surface area contributed by atoms with Crippen LogP contribution in [-0.2, 0) is 16.4 Å². The van der Waals surface area contributed by atoms with Gasteiger partial charge < -0.3 is 14.1 Å². The third-order valence-corrected chi connectivity index (χ3v) is 6.16. The molecule has 1 aliphatic heterocycles. The third-order valence-electron chi connectivity index (χ3n) is 4.41. The highest BCUT2D eigenvalue weighted by molar-refractivity contribution is 7.91. The molecule has 7 heteroatoms. The molecule has 0 saturated carbocycles. The predicted molar refractivity (Wildman–Crippen MR) is 93.4 cm³/mol. The van der Waals surface area contributed by atoms with Crippen molar-refractivity contribution in [2.75, 3.05) is 18.6 Å². The highest BCUT2D eigenvalue weighted by Gasteiger charge is 2.33. The fraction of sp³-hybridized carbons (Fsp3) is 0.389. The first kappa shape index (κ1) is 17.5. The van der Waals surface area contributed by atoms with Gasteiger partial charge in [0.25, 0.3) is 5.91 Å². The van der Waals surface area contributed by atoms with E-state index in [-0.39, 0.29) is 35.8 Å². The van der Waals surface area contributed by atoms with Gasteiger partial charge in [-0.1, -0.05) is 18.2 Å². The van der Waals surface area contributed by atoms with E-state index in [0.29, 0.717) is 12.2 Å². The second-order valence-corrected chi connectivity index (χ2v) is 8.52. The summed E-state index contributed by atoms with van der Waals surface area (Å²) in [4.78, 5) is 13.9. The molecule has 1 aliphatic rings. The molecule has 1 fully saturated rings. The van der Waals surface area contributed by atoms with Crippen molar-refractivity contribution in [3.63, 3.8) is 0 Å². The zero-order chi connectivity index (χ0) is 18.0. The third kappa shape index (κ3) is 4.04. The Morgan fingerprint density at radius 2 is 2.04 bits per heavy atom. The van der Waals surface area contributed by atoms with Crippen LogP contribution in [0.1, 0.15) is 28.3 Å². The van der Waals surface area contributed by atoms with Gasteiger partial charge in [0.15, 0.2) is 15.6 Å². The SMILES string of the molecule is Cc1ccccc1OCc1ccc(C(=O)N(C)[C@@H]2CCS(=O)(=O)C2)o1. The van der Waals surface area contributed by atoms with E-state index in [0.717, 1.165) is 11.3 Å². The van der Waals surface area contributed by atoms with Crippen molar-refractivity contribution < 1.29 is 22.4 Å². The van der Waals surface area contributed by atoms with Gasteiger partial charge in [0.2, 0.25) is 0 Å². The molecule has 1 amide bonds. The smallest absolute Gasteiger partial charge is 0.289 e. The number of rotatable bonds is 5. The summed E-state index contributed by atoms with van der Waals surface area (Å²) in [7, 11) is -1.43. The molecular formula is C18H21NO5S. The lowest BCUT2D eigenvalue weighted by atomic mass is 10.2. The minimum Gasteiger partial charge on any atom is -0.485 e. The quantitative estimate of drug-likeness (QED) is 0.815. The lowest BCUT2D eigenvalue weighted by molar-refractivity contribution is 0.0711. The summed E-state index contributed by atoms with van der Waals surface area (Å²) in [5, 5.41) is 0. The Morgan fingerprint density at radius 3 is 2.72 bits per heavy atom. The monoisotopic (exact) mass is 363 g/mol. The molecule has 0 radical (unpaired) electrons. The maximum Gasteiger partial charge on any atom is 0.289 e. The minimum atomic E-state index is -3.04. The molecule has 1 aromatic carbocycles. The molecule has 25 heavy (non-hydrogen) atoms. The van der Waals surface area contributed by atoms with Crippen molar-refractivity contribution in [2.45, 2.75) is 26.0 Å². The van der Waals surface area contributed by atoms with Gasteiger partial charge in [-0.3, -0.25) is 4.79 Å². The fourth-order valence-corrected chi connectivity index (χ4v) is 4.63. The predicted octanol–water partition coefficient (Wildman–Crippen LogP) is 2.43. The molecule has 3 rings (SSSR count). The van der Waals surface area contributed by atoms with E-state index in [2.05, 4.69) is 0 Å². The maximum absolute atomic E-state index is 12.5. The standard InChI is InChI=1S/C18H21NO5S/c1-13-5-3-4-6-16(13)23-11-15-7-8-17(24-15)18(20)19(2)14-9-10-25(21,22)12-14/h3-8,14H,9-12H2,1-2H3/t14-/m1/s1. The van der Waals surface area contributed by atoms with E-state index in [1.165, 1.54) is 4.90 Å². The van der Waals surface area contributed by atoms with Crippen molar-refractivity contribution in [3.8, 4) is 5.75 Å². The molecule has 1 saturated heterocycles. The Balaban J connectivity index is 1.63. The van der Waals surface area contributed by atoms with E-state index in [1.54, 1.807) is 19.2 Å². The second kappa shape index (κ2) is 6.92. The topological polar surface area (TPSA) is 76.8 Å². The van der Waals surface area contributed by atoms with Crippen LogP contribution < -0.4 is 4.74 Å². The van der Waals surface area contributed by atoms with Gasteiger partial charge in [0.05, 0.1) is 11.5 Å². The molecule has 134 valence electrons. The van der Waals surface area contributed by atoms with Crippen LogP contribution in [-0.4, -0.2) is 43.8 Å². The molecular weight excluding hydrogens is 342 g/mol. The first-order valence-electron chi connectivity index (χ1n) is 8.10. The van der Waals surface area contributed by atoms with Gasteiger partial charge in [0, 0.05) is 13.1 Å². The number of aryl methyl sites for hydroxylation is 1. The largest absolute Gasteiger partial charge is 0.485 e. The summed E-state index contributed by atoms with van der Waals surface area (Å²) in [5.74, 6) is 1.32. The van der Waals surface area contributed by atoms with Crippen molar-refractivity contribution in [2.24, 2.45) is 0 Å². The number of hydrogen-bond donors (Lipinski definition) is 0. The number of benzene rings is 1. The molecule has 2 aromatic rings. The van der Waals surface area contributed by atoms with Crippen molar-refractivity contribution >= 4 is 15.7 Å². The van der Waals surface area contributed by atoms with Crippen LogP contribution in [0.2, 0.25) is 0 Å². The van der Waals surface area contributed by atoms with E-state index in [9.17, 15) is 13.2 Å². The molecule has 0 N–H and O–H groups in total. The van der Waals surface area contributed by atoms with Crippen LogP contribution in [0.15, 0.2) is 40.8 Å². The van der Waals surface area contributed by atoms with E-state index >= 15 is 0 Å². The van der Waals surface area contributed by atoms with Crippen LogP contribution in [0.5, 0.6) is 5.75 Å². The molecule has 6 nitrogen and oxygen atoms in total. The maximum atomic E-state index is 12.5. The van der Waals surface area contributed by atoms with Gasteiger partial charge in [-0.25, -0.2) is 8.42 Å². The first-order chi connectivity index (χ1) is 11.9. The number of amides is 1. The number of nitrogens with zero attached hydrogens (tertiary/aromatic N) is 1. The number of carbonyl (C=O) groups excluding carboxylic acids is 1.